The van der Waals surface area contributed by atoms with Crippen LogP contribution in [0.15, 0.2) is 36.5 Å². The van der Waals surface area contributed by atoms with Gasteiger partial charge in [-0.25, -0.2) is 0 Å². The summed E-state index contributed by atoms with van der Waals surface area (Å²) in [6.45, 7) is 6.58. The molecule has 0 bridgehead atoms. The number of rotatable bonds is 2. The number of pyridine rings is 1. The normalized spacial score (nSPS) is 23.1. The maximum atomic E-state index is 13.0. The zero-order valence-electron chi connectivity index (χ0n) is 14.7. The van der Waals surface area contributed by atoms with Crippen molar-refractivity contribution >= 4 is 16.7 Å². The van der Waals surface area contributed by atoms with E-state index in [2.05, 4.69) is 16.8 Å². The molecule has 1 unspecified atom stereocenters. The maximum Gasteiger partial charge on any atom is 0.273 e. The molecule has 1 amide bonds. The highest BCUT2D eigenvalue weighted by Crippen LogP contribution is 2.23. The monoisotopic (exact) mass is 339 g/mol. The fourth-order valence-corrected chi connectivity index (χ4v) is 4.05. The number of carbonyl (C=O) groups is 1. The van der Waals surface area contributed by atoms with Crippen molar-refractivity contribution in [2.75, 3.05) is 32.8 Å². The van der Waals surface area contributed by atoms with Gasteiger partial charge in [0.2, 0.25) is 0 Å². The van der Waals surface area contributed by atoms with Crippen LogP contribution in [0.2, 0.25) is 0 Å². The number of likely N-dealkylation sites (tertiary alicyclic amines) is 1. The molecule has 2 saturated heterocycles. The predicted molar refractivity (Wildman–Crippen MR) is 97.7 cm³/mol. The van der Waals surface area contributed by atoms with Gasteiger partial charge in [0.05, 0.1) is 12.7 Å². The van der Waals surface area contributed by atoms with Crippen LogP contribution in [-0.2, 0) is 4.74 Å². The first-order valence-electron chi connectivity index (χ1n) is 9.21. The van der Waals surface area contributed by atoms with Crippen molar-refractivity contribution in [3.63, 3.8) is 0 Å². The van der Waals surface area contributed by atoms with Crippen LogP contribution >= 0.6 is 0 Å². The molecule has 1 aromatic carbocycles. The molecular weight excluding hydrogens is 314 g/mol. The lowest BCUT2D eigenvalue weighted by Crippen LogP contribution is -2.51. The molecule has 0 saturated carbocycles. The second-order valence-electron chi connectivity index (χ2n) is 7.08. The SMILES string of the molecule is CC1CN(C2CCN(C(=O)c3nccc4ccccc34)CC2)CCO1. The predicted octanol–water partition coefficient (Wildman–Crippen LogP) is 2.56. The summed E-state index contributed by atoms with van der Waals surface area (Å²) in [7, 11) is 0. The number of amides is 1. The zero-order chi connectivity index (χ0) is 17.2. The zero-order valence-corrected chi connectivity index (χ0v) is 14.7. The molecule has 0 spiro atoms. The van der Waals surface area contributed by atoms with Crippen LogP contribution in [0.5, 0.6) is 0 Å². The summed E-state index contributed by atoms with van der Waals surface area (Å²) in [5.41, 5.74) is 0.580. The molecule has 2 fully saturated rings. The van der Waals surface area contributed by atoms with Gasteiger partial charge in [-0.2, -0.15) is 0 Å². The molecule has 0 radical (unpaired) electrons. The van der Waals surface area contributed by atoms with E-state index in [4.69, 9.17) is 4.74 Å². The third-order valence-corrected chi connectivity index (χ3v) is 5.42. The summed E-state index contributed by atoms with van der Waals surface area (Å²) in [6, 6.07) is 10.5. The first-order chi connectivity index (χ1) is 12.2. The number of hydrogen-bond acceptors (Lipinski definition) is 4. The topological polar surface area (TPSA) is 45.7 Å². The molecule has 1 aromatic heterocycles. The average Bonchev–Trinajstić information content (AvgIpc) is 2.67. The molecule has 0 N–H and O–H groups in total. The van der Waals surface area contributed by atoms with Crippen LogP contribution in [0.1, 0.15) is 30.3 Å². The number of carbonyl (C=O) groups excluding carboxylic acids is 1. The minimum Gasteiger partial charge on any atom is -0.376 e. The van der Waals surface area contributed by atoms with Crippen molar-refractivity contribution in [2.45, 2.75) is 31.9 Å². The fraction of sp³-hybridized carbons (Fsp3) is 0.500. The van der Waals surface area contributed by atoms with Gasteiger partial charge in [-0.05, 0) is 31.2 Å². The molecular formula is C20H25N3O2. The van der Waals surface area contributed by atoms with Gasteiger partial charge < -0.3 is 9.64 Å². The Kier molecular flexibility index (Phi) is 4.68. The summed E-state index contributed by atoms with van der Waals surface area (Å²) in [6.07, 6.45) is 4.11. The van der Waals surface area contributed by atoms with Crippen molar-refractivity contribution in [1.29, 1.82) is 0 Å². The van der Waals surface area contributed by atoms with Crippen LogP contribution in [0, 0.1) is 0 Å². The van der Waals surface area contributed by atoms with E-state index in [0.29, 0.717) is 17.8 Å². The Morgan fingerprint density at radius 1 is 1.16 bits per heavy atom. The first kappa shape index (κ1) is 16.5. The van der Waals surface area contributed by atoms with Gasteiger partial charge in [0.25, 0.3) is 5.91 Å². The van der Waals surface area contributed by atoms with E-state index in [9.17, 15) is 4.79 Å². The molecule has 4 rings (SSSR count). The lowest BCUT2D eigenvalue weighted by molar-refractivity contribution is -0.0423. The van der Waals surface area contributed by atoms with E-state index in [1.54, 1.807) is 6.20 Å². The van der Waals surface area contributed by atoms with Gasteiger partial charge in [0, 0.05) is 43.8 Å². The number of piperidine rings is 1. The Balaban J connectivity index is 1.44. The summed E-state index contributed by atoms with van der Waals surface area (Å²) in [4.78, 5) is 21.9. The Morgan fingerprint density at radius 2 is 1.96 bits per heavy atom. The number of nitrogens with zero attached hydrogens (tertiary/aromatic N) is 3. The Hall–Kier alpha value is -1.98. The van der Waals surface area contributed by atoms with Crippen LogP contribution in [-0.4, -0.2) is 65.6 Å². The fourth-order valence-electron chi connectivity index (χ4n) is 4.05. The number of fused-ring (bicyclic) bond motifs is 1. The smallest absolute Gasteiger partial charge is 0.273 e. The number of morpholine rings is 1. The third-order valence-electron chi connectivity index (χ3n) is 5.42. The second kappa shape index (κ2) is 7.10. The summed E-state index contributed by atoms with van der Waals surface area (Å²) in [5.74, 6) is 0.0607. The van der Waals surface area contributed by atoms with Crippen molar-refractivity contribution < 1.29 is 9.53 Å². The van der Waals surface area contributed by atoms with E-state index in [-0.39, 0.29) is 5.91 Å². The van der Waals surface area contributed by atoms with Crippen LogP contribution < -0.4 is 0 Å². The standard InChI is InChI=1S/C20H25N3O2/c1-15-14-23(12-13-25-15)17-7-10-22(11-8-17)20(24)19-18-5-3-2-4-16(18)6-9-21-19/h2-6,9,15,17H,7-8,10-14H2,1H3. The molecule has 2 aromatic rings. The van der Waals surface area contributed by atoms with Gasteiger partial charge in [-0.15, -0.1) is 0 Å². The highest BCUT2D eigenvalue weighted by molar-refractivity contribution is 6.05. The molecule has 132 valence electrons. The van der Waals surface area contributed by atoms with E-state index in [1.165, 1.54) is 0 Å². The van der Waals surface area contributed by atoms with Gasteiger partial charge in [0.15, 0.2) is 0 Å². The largest absolute Gasteiger partial charge is 0.376 e. The quantitative estimate of drug-likeness (QED) is 0.844. The molecule has 3 heterocycles. The van der Waals surface area contributed by atoms with Crippen molar-refractivity contribution in [1.82, 2.24) is 14.8 Å². The highest BCUT2D eigenvalue weighted by atomic mass is 16.5. The molecule has 5 heteroatoms. The Bertz CT molecular complexity index is 750. The van der Waals surface area contributed by atoms with Gasteiger partial charge >= 0.3 is 0 Å². The summed E-state index contributed by atoms with van der Waals surface area (Å²) < 4.78 is 5.64. The molecule has 1 atom stereocenters. The van der Waals surface area contributed by atoms with E-state index in [1.807, 2.05) is 35.2 Å². The maximum absolute atomic E-state index is 13.0. The van der Waals surface area contributed by atoms with Crippen LogP contribution in [0.3, 0.4) is 0 Å². The molecule has 2 aliphatic rings. The van der Waals surface area contributed by atoms with Gasteiger partial charge in [-0.3, -0.25) is 14.7 Å². The third kappa shape index (κ3) is 3.39. The summed E-state index contributed by atoms with van der Waals surface area (Å²) >= 11 is 0. The minimum absolute atomic E-state index is 0.0607. The molecule has 2 aliphatic heterocycles. The van der Waals surface area contributed by atoms with Crippen molar-refractivity contribution in [3.05, 3.63) is 42.2 Å². The van der Waals surface area contributed by atoms with Gasteiger partial charge in [-0.1, -0.05) is 24.3 Å². The number of aromatic nitrogens is 1. The number of ether oxygens (including phenoxy) is 1. The highest BCUT2D eigenvalue weighted by Gasteiger charge is 2.30. The van der Waals surface area contributed by atoms with Gasteiger partial charge in [0.1, 0.15) is 5.69 Å². The Labute approximate surface area is 148 Å². The first-order valence-corrected chi connectivity index (χ1v) is 9.21. The van der Waals surface area contributed by atoms with E-state index in [0.717, 1.165) is 56.4 Å². The lowest BCUT2D eigenvalue weighted by Gasteiger charge is -2.41. The lowest BCUT2D eigenvalue weighted by atomic mass is 10.0. The number of hydrogen-bond donors (Lipinski definition) is 0. The average molecular weight is 339 g/mol. The summed E-state index contributed by atoms with van der Waals surface area (Å²) in [5, 5.41) is 2.01. The van der Waals surface area contributed by atoms with Crippen LogP contribution in [0.4, 0.5) is 0 Å². The van der Waals surface area contributed by atoms with Crippen LogP contribution in [0.25, 0.3) is 10.8 Å². The Morgan fingerprint density at radius 3 is 2.76 bits per heavy atom. The van der Waals surface area contributed by atoms with E-state index < -0.39 is 0 Å². The molecule has 0 aliphatic carbocycles. The number of benzene rings is 1. The van der Waals surface area contributed by atoms with E-state index >= 15 is 0 Å². The molecule has 5 nitrogen and oxygen atoms in total. The minimum atomic E-state index is 0.0607. The van der Waals surface area contributed by atoms with Crippen molar-refractivity contribution in [3.8, 4) is 0 Å². The van der Waals surface area contributed by atoms with Crippen molar-refractivity contribution in [2.24, 2.45) is 0 Å². The molecule has 25 heavy (non-hydrogen) atoms. The second-order valence-corrected chi connectivity index (χ2v) is 7.08.